The first-order valence-electron chi connectivity index (χ1n) is 11.7. The fraction of sp³-hybridized carbons (Fsp3) is 0.520. The summed E-state index contributed by atoms with van der Waals surface area (Å²) in [4.78, 5) is 29.5. The smallest absolute Gasteiger partial charge is 0.275 e. The number of rotatable bonds is 5. The standard InChI is InChI=1S/C25H32N4O3/c1-16(2)27-11-6-7-18(27)13-26-24(30)22-14-28(19-10-12-32-15-19)25(31)23-17(3)20-8-4-5-9-21(20)29(22)23/h4-5,8-9,14,16,18-19H,6-7,10-13,15H2,1-3H3,(H,26,30)/t18-,19+/m1/s1. The largest absolute Gasteiger partial charge is 0.379 e. The second kappa shape index (κ2) is 8.37. The SMILES string of the molecule is Cc1c2ccccc2n2c(C(=O)NC[C@H]3CCCN3C(C)C)cn([C@H]3CCOC3)c(=O)c12. The van der Waals surface area contributed by atoms with E-state index in [0.29, 0.717) is 43.1 Å². The maximum atomic E-state index is 13.5. The maximum Gasteiger partial charge on any atom is 0.275 e. The monoisotopic (exact) mass is 436 g/mol. The molecule has 7 nitrogen and oxygen atoms in total. The maximum absolute atomic E-state index is 13.5. The summed E-state index contributed by atoms with van der Waals surface area (Å²) in [5, 5.41) is 4.18. The van der Waals surface area contributed by atoms with Crippen molar-refractivity contribution < 1.29 is 9.53 Å². The van der Waals surface area contributed by atoms with Gasteiger partial charge < -0.3 is 14.6 Å². The lowest BCUT2D eigenvalue weighted by atomic mass is 10.2. The first-order chi connectivity index (χ1) is 15.5. The Balaban J connectivity index is 1.59. The van der Waals surface area contributed by atoms with Crippen LogP contribution in [0.15, 0.2) is 35.3 Å². The van der Waals surface area contributed by atoms with E-state index < -0.39 is 0 Å². The number of nitrogens with zero attached hydrogens (tertiary/aromatic N) is 3. The number of aromatic nitrogens is 2. The number of aryl methyl sites for hydroxylation is 1. The number of amides is 1. The van der Waals surface area contributed by atoms with Crippen molar-refractivity contribution in [2.75, 3.05) is 26.3 Å². The summed E-state index contributed by atoms with van der Waals surface area (Å²) in [5.41, 5.74) is 2.82. The number of carbonyl (C=O) groups is 1. The van der Waals surface area contributed by atoms with Gasteiger partial charge in [-0.1, -0.05) is 18.2 Å². The summed E-state index contributed by atoms with van der Waals surface area (Å²) < 4.78 is 9.12. The molecular weight excluding hydrogens is 404 g/mol. The van der Waals surface area contributed by atoms with Crippen molar-refractivity contribution in [2.24, 2.45) is 0 Å². The fourth-order valence-corrected chi connectivity index (χ4v) is 5.51. The van der Waals surface area contributed by atoms with Crippen molar-refractivity contribution in [2.45, 2.75) is 58.2 Å². The van der Waals surface area contributed by atoms with E-state index in [1.165, 1.54) is 0 Å². The number of nitrogens with one attached hydrogen (secondary N) is 1. The van der Waals surface area contributed by atoms with Crippen molar-refractivity contribution in [1.29, 1.82) is 0 Å². The molecule has 2 aliphatic rings. The molecule has 2 fully saturated rings. The summed E-state index contributed by atoms with van der Waals surface area (Å²) >= 11 is 0. The Hall–Kier alpha value is -2.64. The third kappa shape index (κ3) is 3.44. The topological polar surface area (TPSA) is 68.0 Å². The molecule has 5 rings (SSSR count). The van der Waals surface area contributed by atoms with Gasteiger partial charge >= 0.3 is 0 Å². The van der Waals surface area contributed by atoms with E-state index in [-0.39, 0.29) is 17.5 Å². The Morgan fingerprint density at radius 2 is 2.06 bits per heavy atom. The van der Waals surface area contributed by atoms with E-state index in [0.717, 1.165) is 42.3 Å². The Labute approximate surface area is 188 Å². The number of ether oxygens (including phenoxy) is 1. The predicted molar refractivity (Wildman–Crippen MR) is 126 cm³/mol. The van der Waals surface area contributed by atoms with E-state index >= 15 is 0 Å². The zero-order valence-corrected chi connectivity index (χ0v) is 19.1. The minimum absolute atomic E-state index is 0.0391. The first-order valence-corrected chi connectivity index (χ1v) is 11.7. The van der Waals surface area contributed by atoms with Crippen LogP contribution in [0.1, 0.15) is 55.2 Å². The molecule has 170 valence electrons. The molecule has 2 saturated heterocycles. The van der Waals surface area contributed by atoms with Crippen molar-refractivity contribution in [3.63, 3.8) is 0 Å². The van der Waals surface area contributed by atoms with Crippen LogP contribution in [0.5, 0.6) is 0 Å². The molecule has 1 N–H and O–H groups in total. The van der Waals surface area contributed by atoms with Crippen molar-refractivity contribution in [3.05, 3.63) is 52.1 Å². The summed E-state index contributed by atoms with van der Waals surface area (Å²) in [6.45, 7) is 9.21. The van der Waals surface area contributed by atoms with Gasteiger partial charge in [0.05, 0.1) is 18.2 Å². The molecule has 7 heteroatoms. The third-order valence-electron chi connectivity index (χ3n) is 7.18. The molecule has 3 aromatic rings. The van der Waals surface area contributed by atoms with Crippen LogP contribution < -0.4 is 10.9 Å². The molecule has 0 spiro atoms. The van der Waals surface area contributed by atoms with E-state index in [1.807, 2.05) is 35.6 Å². The number of hydrogen-bond acceptors (Lipinski definition) is 4. The molecule has 1 amide bonds. The summed E-state index contributed by atoms with van der Waals surface area (Å²) in [7, 11) is 0. The van der Waals surface area contributed by atoms with Gasteiger partial charge in [0.15, 0.2) is 0 Å². The Morgan fingerprint density at radius 1 is 1.25 bits per heavy atom. The molecule has 2 atom stereocenters. The highest BCUT2D eigenvalue weighted by Gasteiger charge is 2.29. The van der Waals surface area contributed by atoms with E-state index in [2.05, 4.69) is 24.1 Å². The van der Waals surface area contributed by atoms with Gasteiger partial charge in [-0.2, -0.15) is 0 Å². The predicted octanol–water partition coefficient (Wildman–Crippen LogP) is 3.13. The number of carbonyl (C=O) groups excluding carboxylic acids is 1. The second-order valence-corrected chi connectivity index (χ2v) is 9.41. The summed E-state index contributed by atoms with van der Waals surface area (Å²) in [5.74, 6) is -0.140. The quantitative estimate of drug-likeness (QED) is 0.667. The van der Waals surface area contributed by atoms with Crippen LogP contribution in [0.3, 0.4) is 0 Å². The molecular formula is C25H32N4O3. The van der Waals surface area contributed by atoms with Crippen LogP contribution in [0, 0.1) is 6.92 Å². The molecule has 2 aliphatic heterocycles. The van der Waals surface area contributed by atoms with Gasteiger partial charge in [-0.3, -0.25) is 18.9 Å². The van der Waals surface area contributed by atoms with Crippen molar-refractivity contribution in [3.8, 4) is 0 Å². The van der Waals surface area contributed by atoms with Gasteiger partial charge in [-0.15, -0.1) is 0 Å². The minimum Gasteiger partial charge on any atom is -0.379 e. The molecule has 0 unspecified atom stereocenters. The Kier molecular flexibility index (Phi) is 5.55. The van der Waals surface area contributed by atoms with Crippen LogP contribution in [0.4, 0.5) is 0 Å². The molecule has 2 aromatic heterocycles. The molecule has 32 heavy (non-hydrogen) atoms. The van der Waals surface area contributed by atoms with Gasteiger partial charge in [0.2, 0.25) is 0 Å². The van der Waals surface area contributed by atoms with Crippen LogP contribution in [-0.4, -0.2) is 58.2 Å². The third-order valence-corrected chi connectivity index (χ3v) is 7.18. The normalized spacial score (nSPS) is 21.9. The van der Waals surface area contributed by atoms with Crippen LogP contribution in [-0.2, 0) is 4.74 Å². The molecule has 0 saturated carbocycles. The number of likely N-dealkylation sites (tertiary alicyclic amines) is 1. The average Bonchev–Trinajstić information content (AvgIpc) is 3.53. The molecule has 0 aliphatic carbocycles. The lowest BCUT2D eigenvalue weighted by Crippen LogP contribution is -2.43. The van der Waals surface area contributed by atoms with E-state index in [1.54, 1.807) is 10.8 Å². The zero-order valence-electron chi connectivity index (χ0n) is 19.1. The molecule has 0 radical (unpaired) electrons. The van der Waals surface area contributed by atoms with Gasteiger partial charge in [-0.25, -0.2) is 0 Å². The van der Waals surface area contributed by atoms with Gasteiger partial charge in [-0.05, 0) is 58.2 Å². The molecule has 4 heterocycles. The molecule has 1 aromatic carbocycles. The van der Waals surface area contributed by atoms with Crippen molar-refractivity contribution >= 4 is 22.3 Å². The zero-order chi connectivity index (χ0) is 22.4. The highest BCUT2D eigenvalue weighted by atomic mass is 16.5. The van der Waals surface area contributed by atoms with E-state index in [9.17, 15) is 9.59 Å². The Morgan fingerprint density at radius 3 is 2.81 bits per heavy atom. The highest BCUT2D eigenvalue weighted by Crippen LogP contribution is 2.27. The van der Waals surface area contributed by atoms with Crippen molar-refractivity contribution in [1.82, 2.24) is 19.2 Å². The lowest BCUT2D eigenvalue weighted by molar-refractivity contribution is 0.0928. The summed E-state index contributed by atoms with van der Waals surface area (Å²) in [6.07, 6.45) is 4.78. The number of fused-ring (bicyclic) bond motifs is 3. The van der Waals surface area contributed by atoms with E-state index in [4.69, 9.17) is 4.74 Å². The second-order valence-electron chi connectivity index (χ2n) is 9.41. The average molecular weight is 437 g/mol. The molecule has 0 bridgehead atoms. The van der Waals surface area contributed by atoms with Gasteiger partial charge in [0, 0.05) is 36.8 Å². The minimum atomic E-state index is -0.140. The number of hydrogen-bond donors (Lipinski definition) is 1. The van der Waals surface area contributed by atoms with Gasteiger partial charge in [0.25, 0.3) is 11.5 Å². The fourth-order valence-electron chi connectivity index (χ4n) is 5.51. The Bertz CT molecular complexity index is 1220. The number of para-hydroxylation sites is 1. The van der Waals surface area contributed by atoms with Gasteiger partial charge in [0.1, 0.15) is 11.2 Å². The summed E-state index contributed by atoms with van der Waals surface area (Å²) in [6, 6.07) is 8.69. The number of benzene rings is 1. The highest BCUT2D eigenvalue weighted by molar-refractivity contribution is 5.99. The first kappa shape index (κ1) is 21.2. The lowest BCUT2D eigenvalue weighted by Gasteiger charge is -2.28. The van der Waals surface area contributed by atoms with Crippen LogP contribution in [0.2, 0.25) is 0 Å². The van der Waals surface area contributed by atoms with Crippen LogP contribution >= 0.6 is 0 Å². The van der Waals surface area contributed by atoms with Crippen LogP contribution in [0.25, 0.3) is 16.4 Å².